The van der Waals surface area contributed by atoms with Crippen molar-refractivity contribution in [1.82, 2.24) is 0 Å². The van der Waals surface area contributed by atoms with Gasteiger partial charge in [-0.3, -0.25) is 4.79 Å². The molecule has 1 rings (SSSR count). The third-order valence-corrected chi connectivity index (χ3v) is 2.39. The topological polar surface area (TPSA) is 44.8 Å². The molecule has 0 aliphatic rings. The van der Waals surface area contributed by atoms with Gasteiger partial charge in [0, 0.05) is 25.9 Å². The van der Waals surface area contributed by atoms with E-state index in [1.807, 2.05) is 0 Å². The molecular weight excluding hydrogens is 251 g/mol. The normalized spacial score (nSPS) is 10.6. The van der Waals surface area contributed by atoms with Crippen LogP contribution < -0.4 is 0 Å². The predicted molar refractivity (Wildman–Crippen MR) is 68.9 cm³/mol. The predicted octanol–water partition coefficient (Wildman–Crippen LogP) is 2.08. The highest BCUT2D eigenvalue weighted by Crippen LogP contribution is 2.04. The molecule has 0 atom stereocenters. The van der Waals surface area contributed by atoms with E-state index in [0.29, 0.717) is 38.4 Å². The Labute approximate surface area is 112 Å². The zero-order valence-corrected chi connectivity index (χ0v) is 11.1. The number of Topliss-reactive ketones (excluding diaryl/α,β-unsaturated/α-hetero) is 1. The lowest BCUT2D eigenvalue weighted by molar-refractivity contribution is 0.0488. The van der Waals surface area contributed by atoms with Crippen LogP contribution in [0.15, 0.2) is 24.3 Å². The van der Waals surface area contributed by atoms with Crippen molar-refractivity contribution in [1.29, 1.82) is 0 Å². The van der Waals surface area contributed by atoms with Crippen molar-refractivity contribution in [2.45, 2.75) is 6.42 Å². The van der Waals surface area contributed by atoms with Gasteiger partial charge in [-0.05, 0) is 18.6 Å². The average Bonchev–Trinajstić information content (AvgIpc) is 2.41. The summed E-state index contributed by atoms with van der Waals surface area (Å²) in [4.78, 5) is 11.6. The summed E-state index contributed by atoms with van der Waals surface area (Å²) < 4.78 is 28.2. The molecule has 0 heterocycles. The number of ether oxygens (including phenoxy) is 3. The highest BCUT2D eigenvalue weighted by Gasteiger charge is 2.06. The fourth-order valence-electron chi connectivity index (χ4n) is 1.42. The van der Waals surface area contributed by atoms with Gasteiger partial charge in [-0.1, -0.05) is 12.1 Å². The molecule has 0 spiro atoms. The van der Waals surface area contributed by atoms with Crippen LogP contribution in [0.3, 0.4) is 0 Å². The number of hydrogen-bond donors (Lipinski definition) is 0. The van der Waals surface area contributed by atoms with Crippen LogP contribution in [0.1, 0.15) is 16.8 Å². The third kappa shape index (κ3) is 7.00. The second-order valence-corrected chi connectivity index (χ2v) is 3.94. The smallest absolute Gasteiger partial charge is 0.188 e. The fourth-order valence-corrected chi connectivity index (χ4v) is 1.42. The van der Waals surface area contributed by atoms with E-state index >= 15 is 0 Å². The zero-order valence-electron chi connectivity index (χ0n) is 11.1. The first-order valence-corrected chi connectivity index (χ1v) is 6.17. The van der Waals surface area contributed by atoms with Gasteiger partial charge in [0.15, 0.2) is 5.78 Å². The summed E-state index contributed by atoms with van der Waals surface area (Å²) in [5, 5.41) is 0. The van der Waals surface area contributed by atoms with Gasteiger partial charge in [-0.25, -0.2) is 4.39 Å². The summed E-state index contributed by atoms with van der Waals surface area (Å²) in [5.74, 6) is -0.641. The SMILES string of the molecule is COCCOCCCOCC(=O)c1cccc(F)c1. The lowest BCUT2D eigenvalue weighted by atomic mass is 10.1. The summed E-state index contributed by atoms with van der Waals surface area (Å²) in [7, 11) is 1.62. The molecule has 0 unspecified atom stereocenters. The maximum absolute atomic E-state index is 12.9. The van der Waals surface area contributed by atoms with Gasteiger partial charge in [-0.15, -0.1) is 0 Å². The summed E-state index contributed by atoms with van der Waals surface area (Å²) in [6.07, 6.45) is 0.708. The molecule has 0 fully saturated rings. The molecule has 0 aromatic heterocycles. The van der Waals surface area contributed by atoms with Crippen LogP contribution in [-0.2, 0) is 14.2 Å². The molecule has 0 aliphatic heterocycles. The number of carbonyl (C=O) groups excluding carboxylic acids is 1. The number of methoxy groups -OCH3 is 1. The molecule has 0 radical (unpaired) electrons. The van der Waals surface area contributed by atoms with E-state index in [9.17, 15) is 9.18 Å². The average molecular weight is 270 g/mol. The van der Waals surface area contributed by atoms with E-state index in [1.165, 1.54) is 18.2 Å². The maximum atomic E-state index is 12.9. The molecule has 0 saturated heterocycles. The first kappa shape index (κ1) is 15.8. The highest BCUT2D eigenvalue weighted by atomic mass is 19.1. The number of rotatable bonds is 10. The van der Waals surface area contributed by atoms with Crippen LogP contribution in [0.2, 0.25) is 0 Å². The van der Waals surface area contributed by atoms with Crippen molar-refractivity contribution < 1.29 is 23.4 Å². The van der Waals surface area contributed by atoms with Gasteiger partial charge in [0.25, 0.3) is 0 Å². The number of hydrogen-bond acceptors (Lipinski definition) is 4. The Morgan fingerprint density at radius 2 is 1.95 bits per heavy atom. The number of carbonyl (C=O) groups is 1. The van der Waals surface area contributed by atoms with Gasteiger partial charge >= 0.3 is 0 Å². The summed E-state index contributed by atoms with van der Waals surface area (Å²) >= 11 is 0. The summed E-state index contributed by atoms with van der Waals surface area (Å²) in [6.45, 7) is 2.09. The van der Waals surface area contributed by atoms with Crippen LogP contribution in [0.4, 0.5) is 4.39 Å². The van der Waals surface area contributed by atoms with Crippen LogP contribution in [-0.4, -0.2) is 45.9 Å². The fraction of sp³-hybridized carbons (Fsp3) is 0.500. The standard InChI is InChI=1S/C14H19FO4/c1-17-8-9-18-6-3-7-19-11-14(16)12-4-2-5-13(15)10-12/h2,4-5,10H,3,6-9,11H2,1H3. The number of ketones is 1. The molecule has 5 heteroatoms. The van der Waals surface area contributed by atoms with Crippen molar-refractivity contribution in [3.8, 4) is 0 Å². The maximum Gasteiger partial charge on any atom is 0.188 e. The van der Waals surface area contributed by atoms with Crippen molar-refractivity contribution in [2.75, 3.05) is 40.1 Å². The molecule has 1 aromatic carbocycles. The first-order chi connectivity index (χ1) is 9.24. The molecule has 0 aliphatic carbocycles. The third-order valence-electron chi connectivity index (χ3n) is 2.39. The van der Waals surface area contributed by atoms with Gasteiger partial charge in [0.2, 0.25) is 0 Å². The Balaban J connectivity index is 2.08. The first-order valence-electron chi connectivity index (χ1n) is 6.17. The summed E-state index contributed by atoms with van der Waals surface area (Å²) in [6, 6.07) is 5.59. The Hall–Kier alpha value is -1.30. The van der Waals surface area contributed by atoms with Crippen molar-refractivity contribution in [2.24, 2.45) is 0 Å². The lowest BCUT2D eigenvalue weighted by Crippen LogP contribution is -2.11. The van der Waals surface area contributed by atoms with Crippen LogP contribution in [0.25, 0.3) is 0 Å². The van der Waals surface area contributed by atoms with Gasteiger partial charge < -0.3 is 14.2 Å². The minimum absolute atomic E-state index is 0.0402. The number of benzene rings is 1. The second-order valence-electron chi connectivity index (χ2n) is 3.94. The molecular formula is C14H19FO4. The van der Waals surface area contributed by atoms with E-state index in [-0.39, 0.29) is 12.4 Å². The number of halogens is 1. The van der Waals surface area contributed by atoms with Gasteiger partial charge in [-0.2, -0.15) is 0 Å². The Morgan fingerprint density at radius 3 is 2.68 bits per heavy atom. The molecule has 1 aromatic rings. The van der Waals surface area contributed by atoms with Gasteiger partial charge in [0.1, 0.15) is 12.4 Å². The Kier molecular flexibility index (Phi) is 7.97. The molecule has 0 amide bonds. The van der Waals surface area contributed by atoms with Crippen LogP contribution in [0, 0.1) is 5.82 Å². The summed E-state index contributed by atoms with van der Waals surface area (Å²) in [5.41, 5.74) is 0.330. The molecule has 19 heavy (non-hydrogen) atoms. The minimum Gasteiger partial charge on any atom is -0.382 e. The van der Waals surface area contributed by atoms with Crippen molar-refractivity contribution >= 4 is 5.78 Å². The Morgan fingerprint density at radius 1 is 1.16 bits per heavy atom. The van der Waals surface area contributed by atoms with Gasteiger partial charge in [0.05, 0.1) is 13.2 Å². The molecule has 0 N–H and O–H groups in total. The van der Waals surface area contributed by atoms with Crippen molar-refractivity contribution in [3.63, 3.8) is 0 Å². The van der Waals surface area contributed by atoms with E-state index in [0.717, 1.165) is 0 Å². The van der Waals surface area contributed by atoms with E-state index in [4.69, 9.17) is 14.2 Å². The zero-order chi connectivity index (χ0) is 13.9. The van der Waals surface area contributed by atoms with Crippen LogP contribution >= 0.6 is 0 Å². The molecule has 4 nitrogen and oxygen atoms in total. The van der Waals surface area contributed by atoms with E-state index < -0.39 is 5.82 Å². The van der Waals surface area contributed by atoms with E-state index in [1.54, 1.807) is 13.2 Å². The molecule has 106 valence electrons. The van der Waals surface area contributed by atoms with Crippen LogP contribution in [0.5, 0.6) is 0 Å². The monoisotopic (exact) mass is 270 g/mol. The van der Waals surface area contributed by atoms with E-state index in [2.05, 4.69) is 0 Å². The second kappa shape index (κ2) is 9.61. The highest BCUT2D eigenvalue weighted by molar-refractivity contribution is 5.97. The minimum atomic E-state index is -0.419. The largest absolute Gasteiger partial charge is 0.382 e. The van der Waals surface area contributed by atoms with Crippen molar-refractivity contribution in [3.05, 3.63) is 35.6 Å². The molecule has 0 saturated carbocycles. The lowest BCUT2D eigenvalue weighted by Gasteiger charge is -2.05. The Bertz CT molecular complexity index is 381. The quantitative estimate of drug-likeness (QED) is 0.482. The molecule has 0 bridgehead atoms.